The van der Waals surface area contributed by atoms with E-state index < -0.39 is 11.6 Å². The summed E-state index contributed by atoms with van der Waals surface area (Å²) >= 11 is 0. The van der Waals surface area contributed by atoms with Crippen molar-refractivity contribution < 1.29 is 18.3 Å². The molecule has 5 heteroatoms. The van der Waals surface area contributed by atoms with Gasteiger partial charge in [-0.1, -0.05) is 6.04 Å². The van der Waals surface area contributed by atoms with Gasteiger partial charge in [0, 0.05) is 27.9 Å². The number of carbonyl (C=O) groups excluding carboxylic acids is 1. The fourth-order valence-corrected chi connectivity index (χ4v) is 2.89. The molecule has 0 amide bonds. The largest absolute Gasteiger partial charge is 0.426 e. The molecule has 0 aliphatic heterocycles. The second kappa shape index (κ2) is 6.48. The summed E-state index contributed by atoms with van der Waals surface area (Å²) in [6.07, 6.45) is 3.48. The SMILES string of the molecule is Cc1c(F)cc(OC(=O)C2CCC(C[Si])CC2)cc1F. The quantitative estimate of drug-likeness (QED) is 0.484. The smallest absolute Gasteiger partial charge is 0.314 e. The fourth-order valence-electron chi connectivity index (χ4n) is 2.48. The van der Waals surface area contributed by atoms with Gasteiger partial charge in [0.15, 0.2) is 0 Å². The van der Waals surface area contributed by atoms with Crippen molar-refractivity contribution in [3.63, 3.8) is 0 Å². The summed E-state index contributed by atoms with van der Waals surface area (Å²) in [5, 5.41) is 0. The van der Waals surface area contributed by atoms with Crippen LogP contribution < -0.4 is 4.74 Å². The predicted molar refractivity (Wildman–Crippen MR) is 72.7 cm³/mol. The van der Waals surface area contributed by atoms with E-state index in [0.717, 1.165) is 43.9 Å². The molecule has 1 aromatic carbocycles. The lowest BCUT2D eigenvalue weighted by Crippen LogP contribution is -2.25. The maximum Gasteiger partial charge on any atom is 0.314 e. The van der Waals surface area contributed by atoms with Gasteiger partial charge < -0.3 is 4.74 Å². The third-order valence-electron chi connectivity index (χ3n) is 3.94. The van der Waals surface area contributed by atoms with Crippen LogP contribution in [0.3, 0.4) is 0 Å². The number of rotatable bonds is 3. The van der Waals surface area contributed by atoms with Crippen LogP contribution in [0.2, 0.25) is 6.04 Å². The second-order valence-corrected chi connectivity index (χ2v) is 5.76. The minimum atomic E-state index is -0.699. The van der Waals surface area contributed by atoms with E-state index >= 15 is 0 Å². The van der Waals surface area contributed by atoms with E-state index in [9.17, 15) is 13.6 Å². The normalized spacial score (nSPS) is 22.6. The number of hydrogen-bond acceptors (Lipinski definition) is 2. The average molecular weight is 295 g/mol. The Labute approximate surface area is 120 Å². The van der Waals surface area contributed by atoms with Crippen LogP contribution in [0.25, 0.3) is 0 Å². The molecule has 1 fully saturated rings. The highest BCUT2D eigenvalue weighted by atomic mass is 28.1. The molecular formula is C15H17F2O2Si. The van der Waals surface area contributed by atoms with Crippen LogP contribution in [0.5, 0.6) is 5.75 Å². The fraction of sp³-hybridized carbons (Fsp3) is 0.533. The standard InChI is InChI=1S/C15H17F2O2Si/c1-9-13(16)6-12(7-14(9)17)19-15(18)11-4-2-10(8-20)3-5-11/h6-7,10-11H,2-5,8H2,1H3. The van der Waals surface area contributed by atoms with E-state index in [2.05, 4.69) is 10.2 Å². The molecule has 0 atom stereocenters. The van der Waals surface area contributed by atoms with Gasteiger partial charge in [-0.05, 0) is 38.5 Å². The van der Waals surface area contributed by atoms with Crippen LogP contribution in [0.1, 0.15) is 31.2 Å². The first-order valence-corrected chi connectivity index (χ1v) is 7.54. The molecule has 0 saturated heterocycles. The Kier molecular flexibility index (Phi) is 4.91. The van der Waals surface area contributed by atoms with Crippen molar-refractivity contribution in [1.82, 2.24) is 0 Å². The Bertz CT molecular complexity index is 474. The van der Waals surface area contributed by atoms with Crippen molar-refractivity contribution in [2.24, 2.45) is 11.8 Å². The van der Waals surface area contributed by atoms with Crippen molar-refractivity contribution in [3.8, 4) is 5.75 Å². The summed E-state index contributed by atoms with van der Waals surface area (Å²) < 4.78 is 31.9. The highest BCUT2D eigenvalue weighted by Crippen LogP contribution is 2.31. The molecule has 0 spiro atoms. The monoisotopic (exact) mass is 295 g/mol. The Morgan fingerprint density at radius 1 is 1.25 bits per heavy atom. The van der Waals surface area contributed by atoms with E-state index in [-0.39, 0.29) is 23.2 Å². The van der Waals surface area contributed by atoms with Gasteiger partial charge in [-0.2, -0.15) is 0 Å². The van der Waals surface area contributed by atoms with Crippen LogP contribution >= 0.6 is 0 Å². The van der Waals surface area contributed by atoms with Gasteiger partial charge in [0.1, 0.15) is 17.4 Å². The van der Waals surface area contributed by atoms with Crippen molar-refractivity contribution in [1.29, 1.82) is 0 Å². The van der Waals surface area contributed by atoms with Gasteiger partial charge in [-0.25, -0.2) is 8.78 Å². The summed E-state index contributed by atoms with van der Waals surface area (Å²) in [4.78, 5) is 12.0. The zero-order valence-corrected chi connectivity index (χ0v) is 12.4. The summed E-state index contributed by atoms with van der Waals surface area (Å²) in [6, 6.07) is 3.05. The molecule has 2 rings (SSSR count). The van der Waals surface area contributed by atoms with E-state index in [1.807, 2.05) is 0 Å². The van der Waals surface area contributed by atoms with Gasteiger partial charge in [0.25, 0.3) is 0 Å². The molecule has 0 aromatic heterocycles. The summed E-state index contributed by atoms with van der Waals surface area (Å²) in [6.45, 7) is 1.34. The molecule has 0 unspecified atom stereocenters. The molecule has 107 valence electrons. The van der Waals surface area contributed by atoms with Crippen molar-refractivity contribution >= 4 is 16.2 Å². The van der Waals surface area contributed by atoms with Crippen molar-refractivity contribution in [3.05, 3.63) is 29.3 Å². The van der Waals surface area contributed by atoms with Gasteiger partial charge in [0.2, 0.25) is 0 Å². The Hall–Kier alpha value is -1.23. The highest BCUT2D eigenvalue weighted by molar-refractivity contribution is 6.08. The first-order valence-electron chi connectivity index (χ1n) is 6.83. The molecule has 2 nitrogen and oxygen atoms in total. The van der Waals surface area contributed by atoms with Crippen LogP contribution in [0.15, 0.2) is 12.1 Å². The van der Waals surface area contributed by atoms with Crippen LogP contribution in [0, 0.1) is 30.4 Å². The Balaban J connectivity index is 1.98. The first-order chi connectivity index (χ1) is 9.51. The Morgan fingerprint density at radius 3 is 2.30 bits per heavy atom. The van der Waals surface area contributed by atoms with Crippen molar-refractivity contribution in [2.75, 3.05) is 0 Å². The van der Waals surface area contributed by atoms with E-state index in [1.54, 1.807) is 0 Å². The van der Waals surface area contributed by atoms with Gasteiger partial charge in [0.05, 0.1) is 5.92 Å². The maximum absolute atomic E-state index is 13.4. The minimum absolute atomic E-state index is 0.0576. The lowest BCUT2D eigenvalue weighted by atomic mass is 9.83. The van der Waals surface area contributed by atoms with E-state index in [4.69, 9.17) is 4.74 Å². The number of hydrogen-bond donors (Lipinski definition) is 0. The van der Waals surface area contributed by atoms with Gasteiger partial charge in [-0.15, -0.1) is 0 Å². The topological polar surface area (TPSA) is 26.3 Å². The third kappa shape index (κ3) is 3.45. The molecule has 0 N–H and O–H groups in total. The first kappa shape index (κ1) is 15.2. The maximum atomic E-state index is 13.4. The van der Waals surface area contributed by atoms with Crippen LogP contribution in [-0.2, 0) is 4.79 Å². The van der Waals surface area contributed by atoms with Crippen LogP contribution in [0.4, 0.5) is 8.78 Å². The molecule has 1 aliphatic rings. The van der Waals surface area contributed by atoms with Gasteiger partial charge >= 0.3 is 5.97 Å². The summed E-state index contributed by atoms with van der Waals surface area (Å²) in [5.74, 6) is -1.41. The lowest BCUT2D eigenvalue weighted by Gasteiger charge is -2.26. The zero-order valence-electron chi connectivity index (χ0n) is 11.4. The lowest BCUT2D eigenvalue weighted by molar-refractivity contribution is -0.140. The summed E-state index contributed by atoms with van der Waals surface area (Å²) in [5.41, 5.74) is -0.0672. The molecule has 0 heterocycles. The molecule has 0 bridgehead atoms. The second-order valence-electron chi connectivity index (χ2n) is 5.35. The number of carbonyl (C=O) groups is 1. The third-order valence-corrected chi connectivity index (χ3v) is 4.52. The van der Waals surface area contributed by atoms with E-state index in [0.29, 0.717) is 5.92 Å². The molecule has 1 aliphatic carbocycles. The molecule has 1 aromatic rings. The number of esters is 1. The summed E-state index contributed by atoms with van der Waals surface area (Å²) in [7, 11) is 3.49. The zero-order chi connectivity index (χ0) is 14.7. The predicted octanol–water partition coefficient (Wildman–Crippen LogP) is 3.57. The number of ether oxygens (including phenoxy) is 1. The number of benzene rings is 1. The van der Waals surface area contributed by atoms with Gasteiger partial charge in [-0.3, -0.25) is 4.79 Å². The molecular weight excluding hydrogens is 278 g/mol. The van der Waals surface area contributed by atoms with Crippen molar-refractivity contribution in [2.45, 2.75) is 38.7 Å². The number of halogens is 2. The minimum Gasteiger partial charge on any atom is -0.426 e. The highest BCUT2D eigenvalue weighted by Gasteiger charge is 2.27. The van der Waals surface area contributed by atoms with E-state index in [1.165, 1.54) is 6.92 Å². The Morgan fingerprint density at radius 2 is 1.80 bits per heavy atom. The van der Waals surface area contributed by atoms with Crippen LogP contribution in [-0.4, -0.2) is 16.2 Å². The molecule has 3 radical (unpaired) electrons. The molecule has 1 saturated carbocycles. The average Bonchev–Trinajstić information content (AvgIpc) is 2.44. The molecule has 20 heavy (non-hydrogen) atoms.